The van der Waals surface area contributed by atoms with Crippen molar-refractivity contribution in [2.24, 2.45) is 0 Å². The highest BCUT2D eigenvalue weighted by atomic mass is 19.4. The van der Waals surface area contributed by atoms with Crippen LogP contribution < -0.4 is 14.4 Å². The highest BCUT2D eigenvalue weighted by molar-refractivity contribution is 6.09. The second-order valence-corrected chi connectivity index (χ2v) is 6.94. The van der Waals surface area contributed by atoms with Crippen LogP contribution in [0.25, 0.3) is 11.3 Å². The van der Waals surface area contributed by atoms with E-state index in [-0.39, 0.29) is 12.2 Å². The summed E-state index contributed by atoms with van der Waals surface area (Å²) in [5, 5.41) is 12.8. The van der Waals surface area contributed by atoms with Gasteiger partial charge in [0.05, 0.1) is 56.2 Å². The lowest BCUT2D eigenvalue weighted by molar-refractivity contribution is -0.178. The van der Waals surface area contributed by atoms with Crippen LogP contribution >= 0.6 is 0 Å². The number of rotatable bonds is 6. The van der Waals surface area contributed by atoms with Gasteiger partial charge in [0.15, 0.2) is 11.8 Å². The van der Waals surface area contributed by atoms with Gasteiger partial charge < -0.3 is 14.6 Å². The molecular weight excluding hydrogens is 431 g/mol. The van der Waals surface area contributed by atoms with Gasteiger partial charge >= 0.3 is 6.18 Å². The molecule has 0 unspecified atom stereocenters. The largest absolute Gasteiger partial charge is 0.491 e. The molecule has 1 aliphatic heterocycles. The van der Waals surface area contributed by atoms with E-state index in [1.165, 1.54) is 19.1 Å². The van der Waals surface area contributed by atoms with Gasteiger partial charge in [0.2, 0.25) is 0 Å². The number of amides is 1. The third-order valence-corrected chi connectivity index (χ3v) is 5.05. The van der Waals surface area contributed by atoms with Crippen LogP contribution in [-0.2, 0) is 6.54 Å². The molecule has 0 radical (unpaired) electrons. The van der Waals surface area contributed by atoms with E-state index >= 15 is 0 Å². The van der Waals surface area contributed by atoms with Crippen LogP contribution in [-0.4, -0.2) is 57.8 Å². The van der Waals surface area contributed by atoms with E-state index in [2.05, 4.69) is 15.1 Å². The Morgan fingerprint density at radius 2 is 2.00 bits per heavy atom. The smallest absolute Gasteiger partial charge is 0.413 e. The molecule has 168 valence electrons. The molecule has 1 N–H and O–H groups in total. The molecule has 0 saturated heterocycles. The summed E-state index contributed by atoms with van der Waals surface area (Å²) in [4.78, 5) is 22.8. The Labute approximate surface area is 180 Å². The summed E-state index contributed by atoms with van der Waals surface area (Å²) in [6.07, 6.45) is -0.893. The molecule has 3 aromatic rings. The summed E-state index contributed by atoms with van der Waals surface area (Å²) in [7, 11) is 2.95. The van der Waals surface area contributed by atoms with Crippen molar-refractivity contribution >= 4 is 11.6 Å². The van der Waals surface area contributed by atoms with Crippen molar-refractivity contribution < 1.29 is 32.5 Å². The fraction of sp³-hybridized carbons (Fsp3) is 0.300. The molecule has 32 heavy (non-hydrogen) atoms. The molecule has 0 saturated carbocycles. The number of aromatic nitrogens is 4. The number of methoxy groups -OCH3 is 2. The van der Waals surface area contributed by atoms with E-state index in [1.807, 2.05) is 0 Å². The normalized spacial score (nSPS) is 14.4. The molecule has 1 aliphatic rings. The van der Waals surface area contributed by atoms with Gasteiger partial charge in [-0.15, -0.1) is 0 Å². The molecule has 0 bridgehead atoms. The third-order valence-electron chi connectivity index (χ3n) is 5.05. The van der Waals surface area contributed by atoms with Gasteiger partial charge in [-0.3, -0.25) is 19.4 Å². The van der Waals surface area contributed by atoms with Crippen LogP contribution in [0.15, 0.2) is 36.8 Å². The Balaban J connectivity index is 1.61. The Morgan fingerprint density at radius 1 is 1.22 bits per heavy atom. The van der Waals surface area contributed by atoms with Crippen molar-refractivity contribution in [1.29, 1.82) is 0 Å². The number of anilines is 1. The summed E-state index contributed by atoms with van der Waals surface area (Å²) in [6.45, 7) is -1.10. The minimum atomic E-state index is -4.68. The fourth-order valence-electron chi connectivity index (χ4n) is 3.40. The average molecular weight is 449 g/mol. The summed E-state index contributed by atoms with van der Waals surface area (Å²) in [6, 6.07) is 2.76. The van der Waals surface area contributed by atoms with Crippen molar-refractivity contribution in [2.75, 3.05) is 25.7 Å². The first-order valence-electron chi connectivity index (χ1n) is 9.38. The number of ether oxygens (including phenoxy) is 2. The molecule has 0 aliphatic carbocycles. The van der Waals surface area contributed by atoms with Gasteiger partial charge in [-0.2, -0.15) is 18.3 Å². The van der Waals surface area contributed by atoms with E-state index in [9.17, 15) is 18.0 Å². The zero-order valence-corrected chi connectivity index (χ0v) is 17.0. The molecule has 1 amide bonds. The number of carbonyl (C=O) groups is 1. The maximum absolute atomic E-state index is 13.1. The standard InChI is InChI=1S/C20H18F3N5O4/c1-31-16-5-11(6-24-18(16)32-2)14-4-3-13-15(26-14)9-27(19(13)30)12-7-25-28(8-12)17(10-29)20(21,22)23/h3-8,17,29H,9-10H2,1-2H3/t17-/m1/s1. The lowest BCUT2D eigenvalue weighted by atomic mass is 10.1. The summed E-state index contributed by atoms with van der Waals surface area (Å²) >= 11 is 0. The minimum absolute atomic E-state index is 0.0597. The Bertz CT molecular complexity index is 1160. The second kappa shape index (κ2) is 8.11. The Hall–Kier alpha value is -3.67. The minimum Gasteiger partial charge on any atom is -0.491 e. The van der Waals surface area contributed by atoms with E-state index in [0.717, 1.165) is 12.4 Å². The number of fused-ring (bicyclic) bond motifs is 1. The Morgan fingerprint density at radius 3 is 2.66 bits per heavy atom. The highest BCUT2D eigenvalue weighted by Crippen LogP contribution is 2.34. The van der Waals surface area contributed by atoms with Gasteiger partial charge in [0, 0.05) is 18.0 Å². The lowest BCUT2D eigenvalue weighted by Crippen LogP contribution is -2.30. The van der Waals surface area contributed by atoms with Crippen molar-refractivity contribution in [1.82, 2.24) is 19.7 Å². The molecule has 0 aromatic carbocycles. The van der Waals surface area contributed by atoms with Gasteiger partial charge in [0.25, 0.3) is 11.8 Å². The monoisotopic (exact) mass is 449 g/mol. The van der Waals surface area contributed by atoms with Crippen molar-refractivity contribution in [3.8, 4) is 22.9 Å². The lowest BCUT2D eigenvalue weighted by Gasteiger charge is -2.18. The number of aliphatic hydroxyl groups excluding tert-OH is 1. The average Bonchev–Trinajstić information content (AvgIpc) is 3.37. The number of alkyl halides is 3. The Kier molecular flexibility index (Phi) is 5.46. The topological polar surface area (TPSA) is 103 Å². The fourth-order valence-corrected chi connectivity index (χ4v) is 3.40. The first-order chi connectivity index (χ1) is 15.3. The molecular formula is C20H18F3N5O4. The van der Waals surface area contributed by atoms with Crippen LogP contribution in [0.4, 0.5) is 18.9 Å². The van der Waals surface area contributed by atoms with Gasteiger partial charge in [0.1, 0.15) is 0 Å². The molecule has 3 aromatic heterocycles. The maximum Gasteiger partial charge on any atom is 0.413 e. The van der Waals surface area contributed by atoms with Gasteiger partial charge in [-0.05, 0) is 18.2 Å². The first-order valence-corrected chi connectivity index (χ1v) is 9.38. The highest BCUT2D eigenvalue weighted by Gasteiger charge is 2.42. The number of nitrogens with zero attached hydrogens (tertiary/aromatic N) is 5. The summed E-state index contributed by atoms with van der Waals surface area (Å²) in [5.74, 6) is 0.327. The predicted octanol–water partition coefficient (Wildman–Crippen LogP) is 2.61. The van der Waals surface area contributed by atoms with Crippen molar-refractivity contribution in [3.05, 3.63) is 48.0 Å². The van der Waals surface area contributed by atoms with Crippen LogP contribution in [0.3, 0.4) is 0 Å². The molecule has 0 fully saturated rings. The number of hydrogen-bond donors (Lipinski definition) is 1. The van der Waals surface area contributed by atoms with Gasteiger partial charge in [-0.1, -0.05) is 0 Å². The number of halogens is 3. The van der Waals surface area contributed by atoms with Crippen LogP contribution in [0, 0.1) is 0 Å². The third kappa shape index (κ3) is 3.73. The predicted molar refractivity (Wildman–Crippen MR) is 105 cm³/mol. The van der Waals surface area contributed by atoms with E-state index in [0.29, 0.717) is 38.8 Å². The van der Waals surface area contributed by atoms with Crippen LogP contribution in [0.5, 0.6) is 11.6 Å². The summed E-state index contributed by atoms with van der Waals surface area (Å²) < 4.78 is 50.1. The maximum atomic E-state index is 13.1. The number of hydrogen-bond acceptors (Lipinski definition) is 7. The SMILES string of the molecule is COc1cc(-c2ccc3c(n2)CN(c2cnn([C@H](CO)C(F)(F)F)c2)C3=O)cnc1OC. The van der Waals surface area contributed by atoms with Crippen LogP contribution in [0.2, 0.25) is 0 Å². The molecule has 0 spiro atoms. The molecule has 1 atom stereocenters. The van der Waals surface area contributed by atoms with E-state index in [4.69, 9.17) is 14.6 Å². The second-order valence-electron chi connectivity index (χ2n) is 6.94. The molecule has 4 heterocycles. The molecule has 9 nitrogen and oxygen atoms in total. The number of aliphatic hydroxyl groups is 1. The quantitative estimate of drug-likeness (QED) is 0.617. The van der Waals surface area contributed by atoms with Crippen molar-refractivity contribution in [3.63, 3.8) is 0 Å². The van der Waals surface area contributed by atoms with E-state index < -0.39 is 24.7 Å². The van der Waals surface area contributed by atoms with Crippen LogP contribution in [0.1, 0.15) is 22.1 Å². The number of pyridine rings is 2. The zero-order valence-electron chi connectivity index (χ0n) is 17.0. The van der Waals surface area contributed by atoms with E-state index in [1.54, 1.807) is 24.4 Å². The molecule has 4 rings (SSSR count). The van der Waals surface area contributed by atoms with Gasteiger partial charge in [-0.25, -0.2) is 4.98 Å². The summed E-state index contributed by atoms with van der Waals surface area (Å²) in [5.41, 5.74) is 2.15. The number of carbonyl (C=O) groups excluding carboxylic acids is 1. The first kappa shape index (κ1) is 21.6. The zero-order chi connectivity index (χ0) is 23.0. The van der Waals surface area contributed by atoms with Crippen molar-refractivity contribution in [2.45, 2.75) is 18.8 Å². The molecule has 12 heteroatoms.